The third-order valence-electron chi connectivity index (χ3n) is 3.54. The number of nitrogens with one attached hydrogen (secondary N) is 1. The highest BCUT2D eigenvalue weighted by molar-refractivity contribution is 5.45. The Morgan fingerprint density at radius 1 is 1.32 bits per heavy atom. The minimum Gasteiger partial charge on any atom is -0.495 e. The number of nitriles is 1. The first-order chi connectivity index (χ1) is 10.6. The molecule has 22 heavy (non-hydrogen) atoms. The molecule has 1 aromatic heterocycles. The second-order valence-corrected chi connectivity index (χ2v) is 5.33. The largest absolute Gasteiger partial charge is 0.495 e. The van der Waals surface area contributed by atoms with Crippen molar-refractivity contribution in [2.75, 3.05) is 13.7 Å². The van der Waals surface area contributed by atoms with Crippen molar-refractivity contribution in [3.8, 4) is 11.8 Å². The van der Waals surface area contributed by atoms with E-state index in [2.05, 4.69) is 29.5 Å². The van der Waals surface area contributed by atoms with E-state index in [0.717, 1.165) is 37.3 Å². The minimum absolute atomic E-state index is 0.574. The fourth-order valence-electron chi connectivity index (χ4n) is 2.44. The van der Waals surface area contributed by atoms with E-state index < -0.39 is 0 Å². The van der Waals surface area contributed by atoms with Crippen LogP contribution < -0.4 is 10.1 Å². The van der Waals surface area contributed by atoms with Crippen LogP contribution in [0.4, 0.5) is 0 Å². The van der Waals surface area contributed by atoms with Gasteiger partial charge >= 0.3 is 0 Å². The van der Waals surface area contributed by atoms with E-state index in [4.69, 9.17) is 10.00 Å². The zero-order valence-electron chi connectivity index (χ0n) is 13.4. The molecule has 0 unspecified atom stereocenters. The molecule has 1 aromatic carbocycles. The van der Waals surface area contributed by atoms with Crippen molar-refractivity contribution < 1.29 is 4.74 Å². The van der Waals surface area contributed by atoms with Crippen LogP contribution in [0.25, 0.3) is 0 Å². The van der Waals surface area contributed by atoms with Crippen LogP contribution in [0, 0.1) is 25.2 Å². The maximum atomic E-state index is 9.08. The molecule has 0 fully saturated rings. The number of methoxy groups -OCH3 is 1. The lowest BCUT2D eigenvalue weighted by Crippen LogP contribution is -2.17. The van der Waals surface area contributed by atoms with Crippen molar-refractivity contribution in [3.05, 3.63) is 46.8 Å². The third kappa shape index (κ3) is 4.09. The van der Waals surface area contributed by atoms with Gasteiger partial charge in [0.15, 0.2) is 0 Å². The SMILES string of the molecule is COc1ccc(CNCCCn2nc(C)cc2C)cc1C#N. The number of benzene rings is 1. The average molecular weight is 298 g/mol. The van der Waals surface area contributed by atoms with Gasteiger partial charge in [-0.15, -0.1) is 0 Å². The molecule has 1 N–H and O–H groups in total. The van der Waals surface area contributed by atoms with Crippen LogP contribution in [0.3, 0.4) is 0 Å². The molecule has 5 heteroatoms. The van der Waals surface area contributed by atoms with E-state index in [1.165, 1.54) is 5.69 Å². The number of hydrogen-bond donors (Lipinski definition) is 1. The summed E-state index contributed by atoms with van der Waals surface area (Å²) in [4.78, 5) is 0. The third-order valence-corrected chi connectivity index (χ3v) is 3.54. The summed E-state index contributed by atoms with van der Waals surface area (Å²) in [6.07, 6.45) is 1.02. The second kappa shape index (κ2) is 7.62. The Hall–Kier alpha value is -2.32. The molecular formula is C17H22N4O. The zero-order valence-corrected chi connectivity index (χ0v) is 13.4. The monoisotopic (exact) mass is 298 g/mol. The van der Waals surface area contributed by atoms with E-state index in [1.807, 2.05) is 29.8 Å². The number of nitrogens with zero attached hydrogens (tertiary/aromatic N) is 3. The van der Waals surface area contributed by atoms with Gasteiger partial charge in [0.2, 0.25) is 0 Å². The molecule has 0 aliphatic carbocycles. The molecule has 2 rings (SSSR count). The van der Waals surface area contributed by atoms with Crippen LogP contribution in [0.1, 0.15) is 28.9 Å². The van der Waals surface area contributed by atoms with E-state index in [9.17, 15) is 0 Å². The summed E-state index contributed by atoms with van der Waals surface area (Å²) in [5.74, 6) is 0.621. The first kappa shape index (κ1) is 16.1. The molecule has 1 heterocycles. The van der Waals surface area contributed by atoms with Crippen molar-refractivity contribution in [2.45, 2.75) is 33.4 Å². The van der Waals surface area contributed by atoms with Crippen LogP contribution >= 0.6 is 0 Å². The maximum absolute atomic E-state index is 9.08. The molecule has 2 aromatic rings. The average Bonchev–Trinajstić information content (AvgIpc) is 2.84. The molecule has 116 valence electrons. The Labute approximate surface area is 131 Å². The van der Waals surface area contributed by atoms with Gasteiger partial charge < -0.3 is 10.1 Å². The summed E-state index contributed by atoms with van der Waals surface area (Å²) < 4.78 is 7.18. The highest BCUT2D eigenvalue weighted by Crippen LogP contribution is 2.18. The van der Waals surface area contributed by atoms with Gasteiger partial charge in [-0.2, -0.15) is 10.4 Å². The zero-order chi connectivity index (χ0) is 15.9. The first-order valence-corrected chi connectivity index (χ1v) is 7.43. The lowest BCUT2D eigenvalue weighted by Gasteiger charge is -2.08. The summed E-state index contributed by atoms with van der Waals surface area (Å²) in [6.45, 7) is 6.66. The van der Waals surface area contributed by atoms with Crippen molar-refractivity contribution >= 4 is 0 Å². The Kier molecular flexibility index (Phi) is 5.56. The van der Waals surface area contributed by atoms with Crippen LogP contribution in [0.2, 0.25) is 0 Å². The maximum Gasteiger partial charge on any atom is 0.136 e. The molecule has 0 bridgehead atoms. The smallest absolute Gasteiger partial charge is 0.136 e. The van der Waals surface area contributed by atoms with Crippen LogP contribution in [-0.4, -0.2) is 23.4 Å². The lowest BCUT2D eigenvalue weighted by atomic mass is 10.1. The number of hydrogen-bond acceptors (Lipinski definition) is 4. The second-order valence-electron chi connectivity index (χ2n) is 5.33. The van der Waals surface area contributed by atoms with E-state index in [1.54, 1.807) is 7.11 Å². The van der Waals surface area contributed by atoms with Crippen molar-refractivity contribution in [1.29, 1.82) is 5.26 Å². The molecule has 0 amide bonds. The summed E-state index contributed by atoms with van der Waals surface area (Å²) in [5, 5.41) is 16.9. The normalized spacial score (nSPS) is 10.5. The summed E-state index contributed by atoms with van der Waals surface area (Å²) in [6, 6.07) is 9.93. The Morgan fingerprint density at radius 3 is 2.77 bits per heavy atom. The van der Waals surface area contributed by atoms with E-state index in [-0.39, 0.29) is 0 Å². The molecule has 0 aliphatic heterocycles. The van der Waals surface area contributed by atoms with Gasteiger partial charge in [0.05, 0.1) is 18.4 Å². The molecular weight excluding hydrogens is 276 g/mol. The van der Waals surface area contributed by atoms with Gasteiger partial charge in [-0.3, -0.25) is 4.68 Å². The van der Waals surface area contributed by atoms with Gasteiger partial charge in [0.1, 0.15) is 11.8 Å². The highest BCUT2D eigenvalue weighted by Gasteiger charge is 2.04. The number of aryl methyl sites for hydroxylation is 3. The summed E-state index contributed by atoms with van der Waals surface area (Å²) in [7, 11) is 1.58. The molecule has 0 radical (unpaired) electrons. The molecule has 5 nitrogen and oxygen atoms in total. The minimum atomic E-state index is 0.574. The quantitative estimate of drug-likeness (QED) is 0.798. The predicted molar refractivity (Wildman–Crippen MR) is 85.7 cm³/mol. The number of ether oxygens (including phenoxy) is 1. The topological polar surface area (TPSA) is 62.9 Å². The van der Waals surface area contributed by atoms with Gasteiger partial charge in [-0.25, -0.2) is 0 Å². The molecule has 0 atom stereocenters. The fourth-order valence-corrected chi connectivity index (χ4v) is 2.44. The Bertz CT molecular complexity index is 670. The van der Waals surface area contributed by atoms with Gasteiger partial charge in [0, 0.05) is 18.8 Å². The molecule has 0 spiro atoms. The molecule has 0 saturated carbocycles. The van der Waals surface area contributed by atoms with Gasteiger partial charge in [0.25, 0.3) is 0 Å². The van der Waals surface area contributed by atoms with Gasteiger partial charge in [-0.1, -0.05) is 6.07 Å². The Morgan fingerprint density at radius 2 is 2.14 bits per heavy atom. The fraction of sp³-hybridized carbons (Fsp3) is 0.412. The predicted octanol–water partition coefficient (Wildman–Crippen LogP) is 2.56. The van der Waals surface area contributed by atoms with Crippen LogP contribution in [0.5, 0.6) is 5.75 Å². The van der Waals surface area contributed by atoms with E-state index in [0.29, 0.717) is 11.3 Å². The first-order valence-electron chi connectivity index (χ1n) is 7.43. The van der Waals surface area contributed by atoms with Crippen molar-refractivity contribution in [1.82, 2.24) is 15.1 Å². The number of aromatic nitrogens is 2. The Balaban J connectivity index is 1.77. The van der Waals surface area contributed by atoms with Crippen molar-refractivity contribution in [3.63, 3.8) is 0 Å². The molecule has 0 aliphatic rings. The number of rotatable bonds is 7. The highest BCUT2D eigenvalue weighted by atomic mass is 16.5. The summed E-state index contributed by atoms with van der Waals surface area (Å²) in [5.41, 5.74) is 3.92. The lowest BCUT2D eigenvalue weighted by molar-refractivity contribution is 0.413. The van der Waals surface area contributed by atoms with Crippen LogP contribution in [0.15, 0.2) is 24.3 Å². The van der Waals surface area contributed by atoms with E-state index >= 15 is 0 Å². The molecule has 0 saturated heterocycles. The summed E-state index contributed by atoms with van der Waals surface area (Å²) >= 11 is 0. The van der Waals surface area contributed by atoms with Crippen molar-refractivity contribution in [2.24, 2.45) is 0 Å². The standard InChI is InChI=1S/C17H22N4O/c1-13-9-14(2)21(20-13)8-4-7-19-12-15-5-6-17(22-3)16(10-15)11-18/h5-6,9-10,19H,4,7-8,12H2,1-3H3. The van der Waals surface area contributed by atoms with Gasteiger partial charge in [-0.05, 0) is 50.6 Å². The van der Waals surface area contributed by atoms with Crippen LogP contribution in [-0.2, 0) is 13.1 Å².